The molecule has 3 rings (SSSR count). The first kappa shape index (κ1) is 17.5. The van der Waals surface area contributed by atoms with Crippen molar-refractivity contribution < 1.29 is 14.3 Å². The Balaban J connectivity index is 1.61. The molecule has 0 aromatic heterocycles. The number of piperidine rings is 1. The number of nitrogens with two attached hydrogens (primary N) is 1. The van der Waals surface area contributed by atoms with Crippen LogP contribution >= 0.6 is 0 Å². The minimum atomic E-state index is -0.735. The largest absolute Gasteiger partial charge is 0.371 e. The second-order valence-corrected chi connectivity index (χ2v) is 6.86. The van der Waals surface area contributed by atoms with E-state index < -0.39 is 12.0 Å². The minimum absolute atomic E-state index is 0.185. The molecule has 25 heavy (non-hydrogen) atoms. The number of morpholine rings is 1. The van der Waals surface area contributed by atoms with Crippen LogP contribution in [-0.2, 0) is 9.53 Å². The first-order valence-corrected chi connectivity index (χ1v) is 8.85. The third-order valence-corrected chi connectivity index (χ3v) is 4.92. The molecule has 7 heteroatoms. The highest BCUT2D eigenvalue weighted by molar-refractivity contribution is 5.90. The molecule has 0 saturated carbocycles. The van der Waals surface area contributed by atoms with Crippen LogP contribution in [0.4, 0.5) is 16.2 Å². The van der Waals surface area contributed by atoms with Gasteiger partial charge in [-0.15, -0.1) is 0 Å². The molecule has 1 atom stereocenters. The van der Waals surface area contributed by atoms with E-state index in [-0.39, 0.29) is 12.6 Å². The number of carbonyl (C=O) groups excluding carboxylic acids is 2. The van der Waals surface area contributed by atoms with Gasteiger partial charge < -0.3 is 25.6 Å². The number of hydrogen-bond donors (Lipinski definition) is 2. The van der Waals surface area contributed by atoms with Gasteiger partial charge in [0.1, 0.15) is 0 Å². The third-order valence-electron chi connectivity index (χ3n) is 4.92. The van der Waals surface area contributed by atoms with E-state index in [4.69, 9.17) is 10.5 Å². The topological polar surface area (TPSA) is 87.9 Å². The molecule has 3 N–H and O–H groups in total. The van der Waals surface area contributed by atoms with Crippen LogP contribution in [-0.4, -0.2) is 55.7 Å². The molecule has 0 bridgehead atoms. The molecule has 7 nitrogen and oxygen atoms in total. The molecule has 2 saturated heterocycles. The summed E-state index contributed by atoms with van der Waals surface area (Å²) in [6, 6.07) is 7.66. The van der Waals surface area contributed by atoms with E-state index in [2.05, 4.69) is 23.2 Å². The number of nitrogens with zero attached hydrogens (tertiary/aromatic N) is 2. The van der Waals surface area contributed by atoms with Crippen LogP contribution in [0, 0.1) is 5.92 Å². The first-order valence-electron chi connectivity index (χ1n) is 8.85. The fraction of sp³-hybridized carbons (Fsp3) is 0.556. The molecular weight excluding hydrogens is 320 g/mol. The number of carbonyl (C=O) groups is 2. The van der Waals surface area contributed by atoms with Gasteiger partial charge in [-0.2, -0.15) is 0 Å². The van der Waals surface area contributed by atoms with Crippen molar-refractivity contribution >= 4 is 23.3 Å². The van der Waals surface area contributed by atoms with Gasteiger partial charge in [-0.3, -0.25) is 4.79 Å². The lowest BCUT2D eigenvalue weighted by atomic mass is 9.99. The fourth-order valence-electron chi connectivity index (χ4n) is 3.26. The summed E-state index contributed by atoms with van der Waals surface area (Å²) < 4.78 is 5.27. The second-order valence-electron chi connectivity index (χ2n) is 6.86. The summed E-state index contributed by atoms with van der Waals surface area (Å²) in [5, 5.41) is 2.91. The molecule has 0 aliphatic carbocycles. The Morgan fingerprint density at radius 2 is 2.00 bits per heavy atom. The van der Waals surface area contributed by atoms with Crippen molar-refractivity contribution in [1.29, 1.82) is 0 Å². The van der Waals surface area contributed by atoms with E-state index in [0.717, 1.165) is 30.4 Å². The molecule has 3 amide bonds. The fourth-order valence-corrected chi connectivity index (χ4v) is 3.26. The standard InChI is InChI=1S/C18H26N4O3/c1-13-5-7-21(8-6-13)15-4-2-3-14(11-15)20-18(24)22-9-10-25-16(12-22)17(19)23/h2-4,11,13,16H,5-10,12H2,1H3,(H2,19,23)(H,20,24)/t16-/m0/s1. The van der Waals surface area contributed by atoms with Crippen LogP contribution in [0.2, 0.25) is 0 Å². The summed E-state index contributed by atoms with van der Waals surface area (Å²) in [4.78, 5) is 27.6. The summed E-state index contributed by atoms with van der Waals surface area (Å²) in [5.41, 5.74) is 7.15. The number of anilines is 2. The Morgan fingerprint density at radius 3 is 2.72 bits per heavy atom. The van der Waals surface area contributed by atoms with E-state index in [1.54, 1.807) is 4.90 Å². The third kappa shape index (κ3) is 4.42. The SMILES string of the molecule is CC1CCN(c2cccc(NC(=O)N3CCO[C@H](C(N)=O)C3)c2)CC1. The highest BCUT2D eigenvalue weighted by atomic mass is 16.5. The summed E-state index contributed by atoms with van der Waals surface area (Å²) in [6.45, 7) is 5.32. The number of amides is 3. The predicted octanol–water partition coefficient (Wildman–Crippen LogP) is 1.64. The molecule has 2 aliphatic rings. The van der Waals surface area contributed by atoms with Crippen molar-refractivity contribution in [2.24, 2.45) is 11.7 Å². The highest BCUT2D eigenvalue weighted by Gasteiger charge is 2.27. The summed E-state index contributed by atoms with van der Waals surface area (Å²) in [5.74, 6) is 0.234. The molecular formula is C18H26N4O3. The van der Waals surface area contributed by atoms with Crippen molar-refractivity contribution in [2.45, 2.75) is 25.9 Å². The molecule has 2 heterocycles. The zero-order valence-corrected chi connectivity index (χ0v) is 14.6. The van der Waals surface area contributed by atoms with Gasteiger partial charge in [-0.1, -0.05) is 13.0 Å². The average molecular weight is 346 g/mol. The van der Waals surface area contributed by atoms with Gasteiger partial charge in [0.05, 0.1) is 13.2 Å². The average Bonchev–Trinajstić information content (AvgIpc) is 2.62. The Labute approximate surface area is 148 Å². The number of nitrogens with one attached hydrogen (secondary N) is 1. The van der Waals surface area contributed by atoms with E-state index >= 15 is 0 Å². The lowest BCUT2D eigenvalue weighted by Crippen LogP contribution is -2.51. The van der Waals surface area contributed by atoms with Crippen molar-refractivity contribution in [1.82, 2.24) is 4.90 Å². The van der Waals surface area contributed by atoms with Crippen LogP contribution < -0.4 is 16.0 Å². The van der Waals surface area contributed by atoms with Crippen molar-refractivity contribution in [3.63, 3.8) is 0 Å². The van der Waals surface area contributed by atoms with E-state index in [1.165, 1.54) is 12.8 Å². The van der Waals surface area contributed by atoms with E-state index in [1.807, 2.05) is 18.2 Å². The van der Waals surface area contributed by atoms with Gasteiger partial charge in [0.15, 0.2) is 6.10 Å². The Bertz CT molecular complexity index is 629. The maximum atomic E-state index is 12.5. The molecule has 1 aromatic rings. The van der Waals surface area contributed by atoms with Gasteiger partial charge in [-0.05, 0) is 37.0 Å². The van der Waals surface area contributed by atoms with Gasteiger partial charge in [0, 0.05) is 31.0 Å². The molecule has 2 fully saturated rings. The van der Waals surface area contributed by atoms with Crippen molar-refractivity contribution in [2.75, 3.05) is 43.0 Å². The van der Waals surface area contributed by atoms with Crippen molar-refractivity contribution in [3.05, 3.63) is 24.3 Å². The molecule has 2 aliphatic heterocycles. The normalized spacial score (nSPS) is 21.9. The minimum Gasteiger partial charge on any atom is -0.371 e. The van der Waals surface area contributed by atoms with Crippen LogP contribution in [0.3, 0.4) is 0 Å². The van der Waals surface area contributed by atoms with Gasteiger partial charge in [-0.25, -0.2) is 4.79 Å². The number of rotatable bonds is 3. The van der Waals surface area contributed by atoms with Gasteiger partial charge in [0.25, 0.3) is 0 Å². The summed E-state index contributed by atoms with van der Waals surface area (Å²) in [7, 11) is 0. The number of ether oxygens (including phenoxy) is 1. The number of urea groups is 1. The zero-order chi connectivity index (χ0) is 17.8. The molecule has 0 spiro atoms. The van der Waals surface area contributed by atoms with Crippen LogP contribution in [0.25, 0.3) is 0 Å². The number of hydrogen-bond acceptors (Lipinski definition) is 4. The molecule has 0 radical (unpaired) electrons. The number of primary amides is 1. The predicted molar refractivity (Wildman–Crippen MR) is 96.6 cm³/mol. The number of benzene rings is 1. The summed E-state index contributed by atoms with van der Waals surface area (Å²) >= 11 is 0. The lowest BCUT2D eigenvalue weighted by Gasteiger charge is -2.33. The Hall–Kier alpha value is -2.28. The molecule has 136 valence electrons. The molecule has 1 aromatic carbocycles. The maximum Gasteiger partial charge on any atom is 0.322 e. The second kappa shape index (κ2) is 7.74. The Kier molecular flexibility index (Phi) is 5.43. The molecule has 0 unspecified atom stereocenters. The van der Waals surface area contributed by atoms with Crippen LogP contribution in [0.5, 0.6) is 0 Å². The van der Waals surface area contributed by atoms with Gasteiger partial charge >= 0.3 is 6.03 Å². The van der Waals surface area contributed by atoms with Crippen molar-refractivity contribution in [3.8, 4) is 0 Å². The monoisotopic (exact) mass is 346 g/mol. The lowest BCUT2D eigenvalue weighted by molar-refractivity contribution is -0.133. The van der Waals surface area contributed by atoms with E-state index in [0.29, 0.717) is 13.2 Å². The van der Waals surface area contributed by atoms with Crippen LogP contribution in [0.15, 0.2) is 24.3 Å². The maximum absolute atomic E-state index is 12.5. The van der Waals surface area contributed by atoms with Crippen LogP contribution in [0.1, 0.15) is 19.8 Å². The highest BCUT2D eigenvalue weighted by Crippen LogP contribution is 2.25. The van der Waals surface area contributed by atoms with Gasteiger partial charge in [0.2, 0.25) is 5.91 Å². The quantitative estimate of drug-likeness (QED) is 0.871. The smallest absolute Gasteiger partial charge is 0.322 e. The zero-order valence-electron chi connectivity index (χ0n) is 14.6. The Morgan fingerprint density at radius 1 is 1.24 bits per heavy atom. The van der Waals surface area contributed by atoms with E-state index in [9.17, 15) is 9.59 Å². The summed E-state index contributed by atoms with van der Waals surface area (Å²) in [6.07, 6.45) is 1.65. The first-order chi connectivity index (χ1) is 12.0.